The van der Waals surface area contributed by atoms with Gasteiger partial charge in [-0.2, -0.15) is 8.78 Å². The van der Waals surface area contributed by atoms with Crippen molar-refractivity contribution in [1.29, 1.82) is 0 Å². The smallest absolute Gasteiger partial charge is 0.288 e. The molecule has 0 bridgehead atoms. The molecule has 0 aliphatic rings. The molecule has 3 rings (SSSR count). The van der Waals surface area contributed by atoms with Crippen LogP contribution in [0.15, 0.2) is 101 Å². The predicted molar refractivity (Wildman–Crippen MR) is 130 cm³/mol. The van der Waals surface area contributed by atoms with Gasteiger partial charge in [-0.1, -0.05) is 95.6 Å². The quantitative estimate of drug-likeness (QED) is 0.249. The number of alkyl halides is 2. The predicted octanol–water partition coefficient (Wildman–Crippen LogP) is 9.17. The summed E-state index contributed by atoms with van der Waals surface area (Å²) in [6.07, 6.45) is 0. The molecule has 0 aliphatic heterocycles. The summed E-state index contributed by atoms with van der Waals surface area (Å²) < 4.78 is 39.0. The maximum Gasteiger partial charge on any atom is 0.288 e. The van der Waals surface area contributed by atoms with Crippen LogP contribution in [-0.2, 0) is 4.57 Å². The Balaban J connectivity index is 1.97. The van der Waals surface area contributed by atoms with Crippen molar-refractivity contribution >= 4 is 58.0 Å². The number of thioether (sulfide) groups is 1. The molecule has 160 valence electrons. The van der Waals surface area contributed by atoms with E-state index in [0.717, 1.165) is 0 Å². The summed E-state index contributed by atoms with van der Waals surface area (Å²) in [5.74, 6) is 0.374. The Morgan fingerprint density at radius 1 is 0.806 bits per heavy atom. The second-order valence-electron chi connectivity index (χ2n) is 6.41. The SMILES string of the molecule is O=P(C=C(Cl)c1ccccc1)(C=C(Cl)c1ccccc1)Nc1ccc(SC(F)F)cc1. The molecule has 3 aromatic rings. The molecular formula is C23H18Cl2F2NOPS. The summed E-state index contributed by atoms with van der Waals surface area (Å²) in [5.41, 5.74) is 1.91. The molecule has 0 amide bonds. The molecule has 0 unspecified atom stereocenters. The second-order valence-corrected chi connectivity index (χ2v) is 10.4. The lowest BCUT2D eigenvalue weighted by atomic mass is 10.2. The number of anilines is 1. The van der Waals surface area contributed by atoms with Crippen LogP contribution in [0.5, 0.6) is 0 Å². The van der Waals surface area contributed by atoms with E-state index in [1.807, 2.05) is 60.7 Å². The molecule has 0 aliphatic carbocycles. The molecule has 0 aromatic heterocycles. The van der Waals surface area contributed by atoms with Gasteiger partial charge in [-0.3, -0.25) is 4.57 Å². The van der Waals surface area contributed by atoms with E-state index < -0.39 is 13.1 Å². The summed E-state index contributed by atoms with van der Waals surface area (Å²) in [7, 11) is -3.42. The molecule has 0 saturated heterocycles. The van der Waals surface area contributed by atoms with Crippen molar-refractivity contribution in [3.8, 4) is 0 Å². The third-order valence-electron chi connectivity index (χ3n) is 4.09. The van der Waals surface area contributed by atoms with Crippen LogP contribution in [0.4, 0.5) is 14.5 Å². The standard InChI is InChI=1S/C23H18Cl2F2NOPS/c24-21(17-7-3-1-4-8-17)15-30(29,16-22(25)18-9-5-2-6-10-18)28-19-11-13-20(14-12-19)31-23(26)27/h1-16,23H,(H,28,29). The molecule has 2 nitrogen and oxygen atoms in total. The minimum Gasteiger partial charge on any atom is -0.330 e. The highest BCUT2D eigenvalue weighted by molar-refractivity contribution is 7.99. The van der Waals surface area contributed by atoms with Gasteiger partial charge in [0, 0.05) is 22.2 Å². The minimum absolute atomic E-state index is 0.301. The van der Waals surface area contributed by atoms with Gasteiger partial charge in [0.2, 0.25) is 7.29 Å². The number of rotatable bonds is 8. The lowest BCUT2D eigenvalue weighted by Crippen LogP contribution is -1.94. The molecule has 0 radical (unpaired) electrons. The van der Waals surface area contributed by atoms with Gasteiger partial charge in [0.1, 0.15) is 0 Å². The van der Waals surface area contributed by atoms with Crippen LogP contribution in [0.1, 0.15) is 11.1 Å². The number of benzene rings is 3. The first-order chi connectivity index (χ1) is 14.8. The van der Waals surface area contributed by atoms with E-state index in [1.165, 1.54) is 23.8 Å². The lowest BCUT2D eigenvalue weighted by Gasteiger charge is -2.16. The van der Waals surface area contributed by atoms with E-state index in [1.54, 1.807) is 12.1 Å². The van der Waals surface area contributed by atoms with Gasteiger partial charge in [0.25, 0.3) is 5.76 Å². The van der Waals surface area contributed by atoms with Gasteiger partial charge in [0.15, 0.2) is 0 Å². The van der Waals surface area contributed by atoms with E-state index in [0.29, 0.717) is 43.5 Å². The molecular weight excluding hydrogens is 478 g/mol. The van der Waals surface area contributed by atoms with Crippen LogP contribution in [-0.4, -0.2) is 5.76 Å². The highest BCUT2D eigenvalue weighted by atomic mass is 35.5. The minimum atomic E-state index is -3.42. The summed E-state index contributed by atoms with van der Waals surface area (Å²) in [4.78, 5) is 0.408. The van der Waals surface area contributed by atoms with Crippen LogP contribution in [0, 0.1) is 0 Å². The fraction of sp³-hybridized carbons (Fsp3) is 0.0435. The largest absolute Gasteiger partial charge is 0.330 e. The van der Waals surface area contributed by atoms with Gasteiger partial charge in [-0.15, -0.1) is 0 Å². The van der Waals surface area contributed by atoms with Crippen LogP contribution >= 0.6 is 42.3 Å². The first kappa shape index (κ1) is 23.6. The molecule has 8 heteroatoms. The van der Waals surface area contributed by atoms with Crippen molar-refractivity contribution in [2.24, 2.45) is 0 Å². The number of nitrogens with one attached hydrogen (secondary N) is 1. The monoisotopic (exact) mass is 495 g/mol. The van der Waals surface area contributed by atoms with E-state index in [4.69, 9.17) is 23.2 Å². The Kier molecular flexibility index (Phi) is 8.39. The van der Waals surface area contributed by atoms with Gasteiger partial charge in [-0.25, -0.2) is 0 Å². The van der Waals surface area contributed by atoms with Crippen molar-refractivity contribution in [1.82, 2.24) is 0 Å². The highest BCUT2D eigenvalue weighted by Gasteiger charge is 2.20. The Labute approximate surface area is 194 Å². The number of hydrogen-bond acceptors (Lipinski definition) is 2. The maximum absolute atomic E-state index is 13.9. The third kappa shape index (κ3) is 7.26. The topological polar surface area (TPSA) is 29.1 Å². The summed E-state index contributed by atoms with van der Waals surface area (Å²) in [6, 6.07) is 24.5. The Morgan fingerprint density at radius 2 is 1.26 bits per heavy atom. The average Bonchev–Trinajstić information content (AvgIpc) is 2.76. The number of halogens is 4. The van der Waals surface area contributed by atoms with Crippen LogP contribution in [0.25, 0.3) is 10.1 Å². The average molecular weight is 496 g/mol. The second kappa shape index (κ2) is 11.0. The number of hydrogen-bond donors (Lipinski definition) is 1. The van der Waals surface area contributed by atoms with Gasteiger partial charge in [-0.05, 0) is 35.4 Å². The van der Waals surface area contributed by atoms with Crippen molar-refractivity contribution in [2.45, 2.75) is 10.7 Å². The van der Waals surface area contributed by atoms with E-state index in [9.17, 15) is 13.3 Å². The third-order valence-corrected chi connectivity index (χ3v) is 7.67. The zero-order chi connectivity index (χ0) is 22.3. The summed E-state index contributed by atoms with van der Waals surface area (Å²) in [6.45, 7) is 0. The Hall–Kier alpha value is -2.04. The Morgan fingerprint density at radius 3 is 1.68 bits per heavy atom. The summed E-state index contributed by atoms with van der Waals surface area (Å²) >= 11 is 13.4. The first-order valence-corrected chi connectivity index (χ1v) is 12.6. The molecule has 0 saturated carbocycles. The maximum atomic E-state index is 13.9. The van der Waals surface area contributed by atoms with Crippen molar-refractivity contribution in [3.05, 3.63) is 108 Å². The zero-order valence-corrected chi connectivity index (χ0v) is 19.3. The van der Waals surface area contributed by atoms with Crippen molar-refractivity contribution < 1.29 is 13.3 Å². The van der Waals surface area contributed by atoms with Crippen LogP contribution in [0.2, 0.25) is 0 Å². The van der Waals surface area contributed by atoms with E-state index in [2.05, 4.69) is 5.09 Å². The molecule has 31 heavy (non-hydrogen) atoms. The van der Waals surface area contributed by atoms with Crippen LogP contribution < -0.4 is 5.09 Å². The molecule has 0 fully saturated rings. The molecule has 0 spiro atoms. The normalized spacial score (nSPS) is 14.4. The summed E-state index contributed by atoms with van der Waals surface area (Å²) in [5, 5.41) is 3.58. The zero-order valence-electron chi connectivity index (χ0n) is 16.1. The fourth-order valence-electron chi connectivity index (χ4n) is 2.70. The van der Waals surface area contributed by atoms with Crippen molar-refractivity contribution in [3.63, 3.8) is 0 Å². The lowest BCUT2D eigenvalue weighted by molar-refractivity contribution is 0.252. The molecule has 0 heterocycles. The fourth-order valence-corrected chi connectivity index (χ4v) is 6.04. The molecule has 0 atom stereocenters. The van der Waals surface area contributed by atoms with Gasteiger partial charge in [0.05, 0.1) is 10.1 Å². The molecule has 1 N–H and O–H groups in total. The first-order valence-electron chi connectivity index (χ1n) is 9.15. The Bertz CT molecular complexity index is 1050. The van der Waals surface area contributed by atoms with Gasteiger partial charge < -0.3 is 5.09 Å². The van der Waals surface area contributed by atoms with Crippen LogP contribution in [0.3, 0.4) is 0 Å². The van der Waals surface area contributed by atoms with Gasteiger partial charge >= 0.3 is 0 Å². The van der Waals surface area contributed by atoms with E-state index >= 15 is 0 Å². The van der Waals surface area contributed by atoms with E-state index in [-0.39, 0.29) is 0 Å². The molecule has 3 aromatic carbocycles. The highest BCUT2D eigenvalue weighted by Crippen LogP contribution is 2.53. The van der Waals surface area contributed by atoms with Crippen molar-refractivity contribution in [2.75, 3.05) is 5.09 Å².